The smallest absolute Gasteiger partial charge is 0.107 e. The van der Waals surface area contributed by atoms with Crippen molar-refractivity contribution in [1.29, 1.82) is 0 Å². The lowest BCUT2D eigenvalue weighted by Crippen LogP contribution is -1.93. The molecule has 1 heteroatoms. The van der Waals surface area contributed by atoms with Crippen LogP contribution >= 0.6 is 0 Å². The molecule has 2 aromatic rings. The summed E-state index contributed by atoms with van der Waals surface area (Å²) in [6.45, 7) is 0.939. The van der Waals surface area contributed by atoms with E-state index in [9.17, 15) is 0 Å². The third-order valence-electron chi connectivity index (χ3n) is 2.32. The molecule has 0 bridgehead atoms. The van der Waals surface area contributed by atoms with E-state index in [0.29, 0.717) is 13.2 Å². The van der Waals surface area contributed by atoms with Gasteiger partial charge in [-0.25, -0.2) is 0 Å². The van der Waals surface area contributed by atoms with Gasteiger partial charge in [0, 0.05) is 0 Å². The number of fused-ring (bicyclic) bond motifs is 1. The second-order valence-corrected chi connectivity index (χ2v) is 3.34. The highest BCUT2D eigenvalue weighted by Crippen LogP contribution is 2.18. The molecule has 0 heterocycles. The summed E-state index contributed by atoms with van der Waals surface area (Å²) in [6, 6.07) is 14.5. The Morgan fingerprint density at radius 3 is 2.73 bits per heavy atom. The summed E-state index contributed by atoms with van der Waals surface area (Å²) in [6.07, 6.45) is 5.13. The van der Waals surface area contributed by atoms with Crippen molar-refractivity contribution in [3.8, 4) is 12.3 Å². The van der Waals surface area contributed by atoms with Crippen molar-refractivity contribution >= 4 is 10.8 Å². The number of hydrogen-bond acceptors (Lipinski definition) is 1. The third-order valence-corrected chi connectivity index (χ3v) is 2.32. The van der Waals surface area contributed by atoms with Crippen LogP contribution in [-0.4, -0.2) is 6.61 Å². The van der Waals surface area contributed by atoms with Gasteiger partial charge < -0.3 is 4.74 Å². The largest absolute Gasteiger partial charge is 0.364 e. The van der Waals surface area contributed by atoms with Gasteiger partial charge in [-0.15, -0.1) is 6.42 Å². The quantitative estimate of drug-likeness (QED) is 0.541. The Hall–Kier alpha value is -1.78. The van der Waals surface area contributed by atoms with E-state index >= 15 is 0 Å². The number of ether oxygens (including phenoxy) is 1. The van der Waals surface area contributed by atoms with E-state index < -0.39 is 0 Å². The van der Waals surface area contributed by atoms with E-state index in [2.05, 4.69) is 30.2 Å². The molecular weight excluding hydrogens is 184 g/mol. The van der Waals surface area contributed by atoms with E-state index in [1.54, 1.807) is 0 Å². The fourth-order valence-electron chi connectivity index (χ4n) is 1.64. The highest BCUT2D eigenvalue weighted by atomic mass is 16.5. The zero-order valence-electron chi connectivity index (χ0n) is 8.44. The Morgan fingerprint density at radius 2 is 1.87 bits per heavy atom. The minimum absolute atomic E-state index is 0.364. The third kappa shape index (κ3) is 2.18. The summed E-state index contributed by atoms with van der Waals surface area (Å²) in [4.78, 5) is 0. The van der Waals surface area contributed by atoms with Gasteiger partial charge in [0.1, 0.15) is 6.61 Å². The Labute approximate surface area is 89.7 Å². The molecule has 2 rings (SSSR count). The summed E-state index contributed by atoms with van der Waals surface area (Å²) >= 11 is 0. The molecule has 0 amide bonds. The van der Waals surface area contributed by atoms with Gasteiger partial charge in [-0.1, -0.05) is 48.4 Å². The second kappa shape index (κ2) is 4.63. The lowest BCUT2D eigenvalue weighted by Gasteiger charge is -2.05. The van der Waals surface area contributed by atoms with Gasteiger partial charge in [0.05, 0.1) is 6.61 Å². The molecule has 0 aliphatic carbocycles. The summed E-state index contributed by atoms with van der Waals surface area (Å²) in [5, 5.41) is 2.47. The van der Waals surface area contributed by atoms with Crippen LogP contribution in [0, 0.1) is 12.3 Å². The topological polar surface area (TPSA) is 9.23 Å². The van der Waals surface area contributed by atoms with Crippen molar-refractivity contribution in [3.63, 3.8) is 0 Å². The first kappa shape index (κ1) is 9.76. The molecule has 0 spiro atoms. The maximum atomic E-state index is 5.34. The molecule has 0 radical (unpaired) electrons. The van der Waals surface area contributed by atoms with Crippen LogP contribution in [0.3, 0.4) is 0 Å². The van der Waals surface area contributed by atoms with Crippen molar-refractivity contribution in [1.82, 2.24) is 0 Å². The maximum absolute atomic E-state index is 5.34. The normalized spacial score (nSPS) is 10.1. The average Bonchev–Trinajstić information content (AvgIpc) is 2.30. The molecule has 0 saturated carbocycles. The molecule has 0 unspecified atom stereocenters. The molecule has 0 saturated heterocycles. The van der Waals surface area contributed by atoms with Gasteiger partial charge >= 0.3 is 0 Å². The lowest BCUT2D eigenvalue weighted by atomic mass is 10.1. The zero-order valence-corrected chi connectivity index (χ0v) is 8.44. The fraction of sp³-hybridized carbons (Fsp3) is 0.143. The van der Waals surface area contributed by atoms with E-state index in [-0.39, 0.29) is 0 Å². The second-order valence-electron chi connectivity index (χ2n) is 3.34. The molecule has 0 aliphatic rings. The Morgan fingerprint density at radius 1 is 1.07 bits per heavy atom. The van der Waals surface area contributed by atoms with Crippen LogP contribution in [0.4, 0.5) is 0 Å². The van der Waals surface area contributed by atoms with Gasteiger partial charge in [-0.05, 0) is 16.3 Å². The van der Waals surface area contributed by atoms with Crippen molar-refractivity contribution in [2.75, 3.05) is 6.61 Å². The molecule has 0 fully saturated rings. The van der Waals surface area contributed by atoms with Crippen LogP contribution in [0.15, 0.2) is 42.5 Å². The molecule has 0 atom stereocenters. The molecular formula is C14H12O. The Kier molecular flexibility index (Phi) is 3.02. The fourth-order valence-corrected chi connectivity index (χ4v) is 1.64. The van der Waals surface area contributed by atoms with Crippen LogP contribution < -0.4 is 0 Å². The predicted octanol–water partition coefficient (Wildman–Crippen LogP) is 2.99. The monoisotopic (exact) mass is 196 g/mol. The van der Waals surface area contributed by atoms with Crippen LogP contribution in [0.1, 0.15) is 5.56 Å². The first-order valence-corrected chi connectivity index (χ1v) is 4.89. The number of benzene rings is 2. The number of rotatable bonds is 3. The first-order valence-electron chi connectivity index (χ1n) is 4.89. The highest BCUT2D eigenvalue weighted by molar-refractivity contribution is 5.85. The summed E-state index contributed by atoms with van der Waals surface area (Å²) < 4.78 is 5.34. The van der Waals surface area contributed by atoms with E-state index in [1.807, 2.05) is 18.2 Å². The molecule has 1 nitrogen and oxygen atoms in total. The minimum atomic E-state index is 0.364. The molecule has 0 aliphatic heterocycles. The Bertz CT molecular complexity index is 489. The van der Waals surface area contributed by atoms with Crippen molar-refractivity contribution in [2.24, 2.45) is 0 Å². The van der Waals surface area contributed by atoms with E-state index in [1.165, 1.54) is 16.3 Å². The van der Waals surface area contributed by atoms with Crippen molar-refractivity contribution < 1.29 is 4.74 Å². The van der Waals surface area contributed by atoms with Crippen molar-refractivity contribution in [2.45, 2.75) is 6.61 Å². The van der Waals surface area contributed by atoms with E-state index in [0.717, 1.165) is 0 Å². The lowest BCUT2D eigenvalue weighted by molar-refractivity contribution is 0.154. The molecule has 15 heavy (non-hydrogen) atoms. The van der Waals surface area contributed by atoms with Crippen LogP contribution in [-0.2, 0) is 11.3 Å². The van der Waals surface area contributed by atoms with Gasteiger partial charge in [0.2, 0.25) is 0 Å². The van der Waals surface area contributed by atoms with Gasteiger partial charge in [-0.3, -0.25) is 0 Å². The van der Waals surface area contributed by atoms with Gasteiger partial charge in [0.25, 0.3) is 0 Å². The molecule has 0 N–H and O–H groups in total. The van der Waals surface area contributed by atoms with Gasteiger partial charge in [-0.2, -0.15) is 0 Å². The average molecular weight is 196 g/mol. The van der Waals surface area contributed by atoms with Crippen LogP contribution in [0.5, 0.6) is 0 Å². The summed E-state index contributed by atoms with van der Waals surface area (Å²) in [5.74, 6) is 2.46. The van der Waals surface area contributed by atoms with E-state index in [4.69, 9.17) is 11.2 Å². The number of hydrogen-bond donors (Lipinski definition) is 0. The maximum Gasteiger partial charge on any atom is 0.107 e. The molecule has 0 aromatic heterocycles. The molecule has 2 aromatic carbocycles. The Balaban J connectivity index is 2.31. The van der Waals surface area contributed by atoms with Crippen LogP contribution in [0.25, 0.3) is 10.8 Å². The minimum Gasteiger partial charge on any atom is -0.364 e. The van der Waals surface area contributed by atoms with Gasteiger partial charge in [0.15, 0.2) is 0 Å². The first-order chi connectivity index (χ1) is 7.42. The molecule has 74 valence electrons. The summed E-state index contributed by atoms with van der Waals surface area (Å²) in [5.41, 5.74) is 1.18. The standard InChI is InChI=1S/C14H12O/c1-2-10-15-11-13-8-5-7-12-6-3-4-9-14(12)13/h1,3-9H,10-11H2. The zero-order chi connectivity index (χ0) is 10.5. The highest BCUT2D eigenvalue weighted by Gasteiger charge is 1.98. The van der Waals surface area contributed by atoms with Crippen molar-refractivity contribution in [3.05, 3.63) is 48.0 Å². The van der Waals surface area contributed by atoms with Crippen LogP contribution in [0.2, 0.25) is 0 Å². The SMILES string of the molecule is C#CCOCc1cccc2ccccc12. The predicted molar refractivity (Wildman–Crippen MR) is 62.4 cm³/mol. The summed E-state index contributed by atoms with van der Waals surface area (Å²) in [7, 11) is 0. The number of terminal acetylenes is 1.